The fourth-order valence-corrected chi connectivity index (χ4v) is 1.84. The van der Waals surface area contributed by atoms with Gasteiger partial charge in [-0.1, -0.05) is 18.2 Å². The van der Waals surface area contributed by atoms with Gasteiger partial charge in [-0.15, -0.1) is 13.2 Å². The van der Waals surface area contributed by atoms with Gasteiger partial charge in [0.1, 0.15) is 11.6 Å². The maximum atomic E-state index is 12.0. The second-order valence-electron chi connectivity index (χ2n) is 4.38. The van der Waals surface area contributed by atoms with Crippen molar-refractivity contribution in [1.29, 1.82) is 0 Å². The minimum atomic E-state index is -4.73. The Balaban J connectivity index is 2.06. The first-order chi connectivity index (χ1) is 9.85. The molecule has 1 heterocycles. The van der Waals surface area contributed by atoms with Gasteiger partial charge in [-0.05, 0) is 29.3 Å². The number of ether oxygens (including phenoxy) is 1. The van der Waals surface area contributed by atoms with E-state index in [-0.39, 0.29) is 12.2 Å². The number of nitrogen functional groups attached to an aromatic ring is 1. The summed E-state index contributed by atoms with van der Waals surface area (Å²) in [7, 11) is 0. The predicted octanol–water partition coefficient (Wildman–Crippen LogP) is 2.84. The van der Waals surface area contributed by atoms with Gasteiger partial charge in [0, 0.05) is 12.6 Å². The molecule has 3 N–H and O–H groups in total. The van der Waals surface area contributed by atoms with E-state index < -0.39 is 12.5 Å². The molecule has 0 radical (unpaired) electrons. The Labute approximate surface area is 119 Å². The Hall–Kier alpha value is -2.28. The maximum Gasteiger partial charge on any atom is 0.573 e. The van der Waals surface area contributed by atoms with E-state index in [0.29, 0.717) is 16.9 Å². The molecule has 4 nitrogen and oxygen atoms in total. The van der Waals surface area contributed by atoms with E-state index in [2.05, 4.69) is 9.72 Å². The van der Waals surface area contributed by atoms with Crippen LogP contribution in [0.1, 0.15) is 17.2 Å². The van der Waals surface area contributed by atoms with Crippen LogP contribution in [0.4, 0.5) is 19.0 Å². The molecule has 0 amide bonds. The highest BCUT2D eigenvalue weighted by Gasteiger charge is 2.31. The number of anilines is 1. The molecule has 0 aliphatic heterocycles. The lowest BCUT2D eigenvalue weighted by Gasteiger charge is -2.13. The van der Waals surface area contributed by atoms with Crippen LogP contribution in [-0.2, 0) is 6.42 Å². The number of pyridine rings is 1. The van der Waals surface area contributed by atoms with Gasteiger partial charge in [0.25, 0.3) is 0 Å². The molecule has 0 aliphatic rings. The molecule has 2 rings (SSSR count). The van der Waals surface area contributed by atoms with E-state index in [9.17, 15) is 18.3 Å². The van der Waals surface area contributed by atoms with Gasteiger partial charge in [0.2, 0.25) is 0 Å². The highest BCUT2D eigenvalue weighted by molar-refractivity contribution is 5.40. The molecule has 0 fully saturated rings. The van der Waals surface area contributed by atoms with Crippen LogP contribution < -0.4 is 10.5 Å². The highest BCUT2D eigenvalue weighted by Crippen LogP contribution is 2.26. The van der Waals surface area contributed by atoms with E-state index in [4.69, 9.17) is 5.73 Å². The van der Waals surface area contributed by atoms with E-state index in [1.165, 1.54) is 18.3 Å². The summed E-state index contributed by atoms with van der Waals surface area (Å²) in [5.41, 5.74) is 6.81. The summed E-state index contributed by atoms with van der Waals surface area (Å²) in [4.78, 5) is 3.90. The predicted molar refractivity (Wildman–Crippen MR) is 70.4 cm³/mol. The smallest absolute Gasteiger partial charge is 0.406 e. The van der Waals surface area contributed by atoms with Crippen LogP contribution in [0.5, 0.6) is 5.75 Å². The minimum Gasteiger partial charge on any atom is -0.406 e. The highest BCUT2D eigenvalue weighted by atomic mass is 19.4. The van der Waals surface area contributed by atoms with Crippen LogP contribution in [0, 0.1) is 0 Å². The lowest BCUT2D eigenvalue weighted by molar-refractivity contribution is -0.274. The topological polar surface area (TPSA) is 68.4 Å². The Morgan fingerprint density at radius 3 is 2.43 bits per heavy atom. The number of aliphatic hydroxyl groups excluding tert-OH is 1. The second-order valence-corrected chi connectivity index (χ2v) is 4.38. The molecule has 0 saturated carbocycles. The number of nitrogens with two attached hydrogens (primary N) is 1. The summed E-state index contributed by atoms with van der Waals surface area (Å²) >= 11 is 0. The van der Waals surface area contributed by atoms with E-state index in [1.54, 1.807) is 12.1 Å². The van der Waals surface area contributed by atoms with Gasteiger partial charge >= 0.3 is 6.36 Å². The molecule has 1 aromatic carbocycles. The fraction of sp³-hybridized carbons (Fsp3) is 0.214. The summed E-state index contributed by atoms with van der Waals surface area (Å²) in [6.45, 7) is 0. The summed E-state index contributed by atoms with van der Waals surface area (Å²) in [5.74, 6) is -0.0204. The molecule has 1 atom stereocenters. The summed E-state index contributed by atoms with van der Waals surface area (Å²) in [6.07, 6.45) is -3.87. The first kappa shape index (κ1) is 15.1. The van der Waals surface area contributed by atoms with E-state index in [1.807, 2.05) is 0 Å². The number of benzene rings is 1. The molecule has 0 spiro atoms. The molecular weight excluding hydrogens is 285 g/mol. The van der Waals surface area contributed by atoms with Crippen molar-refractivity contribution in [2.24, 2.45) is 0 Å². The van der Waals surface area contributed by atoms with Crippen molar-refractivity contribution in [2.75, 3.05) is 5.73 Å². The molecule has 21 heavy (non-hydrogen) atoms. The first-order valence-corrected chi connectivity index (χ1v) is 6.08. The molecule has 1 aromatic heterocycles. The average molecular weight is 298 g/mol. The number of nitrogens with zero attached hydrogens (tertiary/aromatic N) is 1. The largest absolute Gasteiger partial charge is 0.573 e. The number of rotatable bonds is 4. The van der Waals surface area contributed by atoms with Crippen LogP contribution in [0.15, 0.2) is 42.6 Å². The van der Waals surface area contributed by atoms with Crippen molar-refractivity contribution in [3.63, 3.8) is 0 Å². The van der Waals surface area contributed by atoms with Crippen molar-refractivity contribution in [2.45, 2.75) is 18.9 Å². The van der Waals surface area contributed by atoms with Gasteiger partial charge in [-0.2, -0.15) is 0 Å². The van der Waals surface area contributed by atoms with Crippen LogP contribution in [0.25, 0.3) is 0 Å². The monoisotopic (exact) mass is 298 g/mol. The molecule has 7 heteroatoms. The van der Waals surface area contributed by atoms with Gasteiger partial charge in [-0.25, -0.2) is 4.98 Å². The third kappa shape index (κ3) is 4.35. The Morgan fingerprint density at radius 1 is 1.19 bits per heavy atom. The van der Waals surface area contributed by atoms with Gasteiger partial charge in [-0.3, -0.25) is 0 Å². The standard InChI is InChI=1S/C14H13F3N2O2/c15-14(16,17)21-11-5-3-9(4-6-11)12(20)8-10-2-1-7-19-13(10)18/h1-7,12,20H,8H2,(H2,18,19). The number of halogens is 3. The number of aromatic nitrogens is 1. The quantitative estimate of drug-likeness (QED) is 0.910. The molecule has 1 unspecified atom stereocenters. The van der Waals surface area contributed by atoms with Crippen molar-refractivity contribution in [3.8, 4) is 5.75 Å². The fourth-order valence-electron chi connectivity index (χ4n) is 1.84. The van der Waals surface area contributed by atoms with Gasteiger partial charge in [0.15, 0.2) is 0 Å². The summed E-state index contributed by atoms with van der Waals surface area (Å²) in [6, 6.07) is 8.47. The lowest BCUT2D eigenvalue weighted by atomic mass is 10.0. The van der Waals surface area contributed by atoms with Crippen LogP contribution in [0.2, 0.25) is 0 Å². The normalized spacial score (nSPS) is 13.0. The first-order valence-electron chi connectivity index (χ1n) is 6.08. The second kappa shape index (κ2) is 6.01. The van der Waals surface area contributed by atoms with E-state index in [0.717, 1.165) is 12.1 Å². The van der Waals surface area contributed by atoms with Crippen molar-refractivity contribution >= 4 is 5.82 Å². The van der Waals surface area contributed by atoms with Gasteiger partial charge in [0.05, 0.1) is 6.10 Å². The summed E-state index contributed by atoms with van der Waals surface area (Å²) in [5, 5.41) is 10.1. The lowest BCUT2D eigenvalue weighted by Crippen LogP contribution is -2.17. The van der Waals surface area contributed by atoms with Crippen LogP contribution in [0.3, 0.4) is 0 Å². The number of hydrogen-bond donors (Lipinski definition) is 2. The maximum absolute atomic E-state index is 12.0. The third-order valence-electron chi connectivity index (χ3n) is 2.84. The molecule has 0 bridgehead atoms. The zero-order valence-corrected chi connectivity index (χ0v) is 10.8. The SMILES string of the molecule is Nc1ncccc1CC(O)c1ccc(OC(F)(F)F)cc1. The van der Waals surface area contributed by atoms with Gasteiger partial charge < -0.3 is 15.6 Å². The van der Waals surface area contributed by atoms with Crippen molar-refractivity contribution in [1.82, 2.24) is 4.98 Å². The zero-order valence-electron chi connectivity index (χ0n) is 10.8. The number of aliphatic hydroxyl groups is 1. The number of hydrogen-bond acceptors (Lipinski definition) is 4. The van der Waals surface area contributed by atoms with Crippen LogP contribution >= 0.6 is 0 Å². The average Bonchev–Trinajstić information content (AvgIpc) is 2.40. The number of alkyl halides is 3. The van der Waals surface area contributed by atoms with Crippen molar-refractivity contribution < 1.29 is 23.0 Å². The molecule has 112 valence electrons. The molecule has 0 saturated heterocycles. The Bertz CT molecular complexity index is 600. The van der Waals surface area contributed by atoms with Crippen LogP contribution in [-0.4, -0.2) is 16.5 Å². The van der Waals surface area contributed by atoms with Crippen molar-refractivity contribution in [3.05, 3.63) is 53.7 Å². The molecule has 2 aromatic rings. The Morgan fingerprint density at radius 2 is 1.86 bits per heavy atom. The molecular formula is C14H13F3N2O2. The minimum absolute atomic E-state index is 0.221. The molecule has 0 aliphatic carbocycles. The van der Waals surface area contributed by atoms with E-state index >= 15 is 0 Å². The summed E-state index contributed by atoms with van der Waals surface area (Å²) < 4.78 is 39.9. The Kier molecular flexibility index (Phi) is 4.32. The zero-order chi connectivity index (χ0) is 15.5. The third-order valence-corrected chi connectivity index (χ3v) is 2.84.